The molecule has 0 spiro atoms. The molecule has 1 heterocycles. The first-order chi connectivity index (χ1) is 11.2. The van der Waals surface area contributed by atoms with Gasteiger partial charge in [-0.05, 0) is 38.5 Å². The molecule has 0 fully saturated rings. The molecule has 0 saturated heterocycles. The molecule has 0 N–H and O–H groups in total. The average molecular weight is 371 g/mol. The van der Waals surface area contributed by atoms with E-state index < -0.39 is 11.7 Å². The lowest BCUT2D eigenvalue weighted by Gasteiger charge is -2.25. The fraction of sp³-hybridized carbons (Fsp3) is 0.312. The molecular weight excluding hydrogens is 355 g/mol. The van der Waals surface area contributed by atoms with Gasteiger partial charge < -0.3 is 4.74 Å². The molecule has 128 valence electrons. The van der Waals surface area contributed by atoms with Gasteiger partial charge in [-0.25, -0.2) is 19.1 Å². The number of hydrogen-bond acceptors (Lipinski definition) is 5. The lowest BCUT2D eigenvalue weighted by molar-refractivity contribution is 0.0577. The number of nitrogens with zero attached hydrogens (tertiary/aromatic N) is 2. The van der Waals surface area contributed by atoms with Crippen LogP contribution < -0.4 is 4.90 Å². The van der Waals surface area contributed by atoms with Crippen LogP contribution in [-0.4, -0.2) is 23.0 Å². The van der Waals surface area contributed by atoms with Crippen LogP contribution in [0, 0.1) is 5.82 Å². The molecule has 2 aromatic rings. The van der Waals surface area contributed by atoms with E-state index >= 15 is 0 Å². The Bertz CT molecular complexity index is 741. The van der Waals surface area contributed by atoms with Crippen LogP contribution >= 0.6 is 22.9 Å². The van der Waals surface area contributed by atoms with Gasteiger partial charge >= 0.3 is 6.09 Å². The number of hydrogen-bond donors (Lipinski definition) is 0. The van der Waals surface area contributed by atoms with E-state index in [1.807, 2.05) is 0 Å². The maximum absolute atomic E-state index is 13.1. The van der Waals surface area contributed by atoms with Crippen molar-refractivity contribution < 1.29 is 18.7 Å². The molecule has 0 bridgehead atoms. The van der Waals surface area contributed by atoms with Crippen molar-refractivity contribution in [2.75, 3.05) is 4.90 Å². The molecule has 5 nitrogen and oxygen atoms in total. The van der Waals surface area contributed by atoms with Gasteiger partial charge in [0.05, 0.1) is 6.54 Å². The Balaban J connectivity index is 2.34. The summed E-state index contributed by atoms with van der Waals surface area (Å²) in [7, 11) is 0. The van der Waals surface area contributed by atoms with Crippen LogP contribution in [0.1, 0.15) is 36.0 Å². The van der Waals surface area contributed by atoms with Crippen LogP contribution in [-0.2, 0) is 11.3 Å². The molecule has 0 radical (unpaired) electrons. The van der Waals surface area contributed by atoms with Gasteiger partial charge in [-0.15, -0.1) is 0 Å². The van der Waals surface area contributed by atoms with E-state index in [4.69, 9.17) is 16.3 Å². The fourth-order valence-electron chi connectivity index (χ4n) is 1.79. The number of rotatable bonds is 4. The molecule has 24 heavy (non-hydrogen) atoms. The summed E-state index contributed by atoms with van der Waals surface area (Å²) in [6.45, 7) is 5.34. The molecule has 1 aromatic heterocycles. The molecule has 1 aromatic carbocycles. The molecule has 1 amide bonds. The van der Waals surface area contributed by atoms with Gasteiger partial charge in [-0.2, -0.15) is 0 Å². The first-order valence-electron chi connectivity index (χ1n) is 7.06. The van der Waals surface area contributed by atoms with Crippen LogP contribution in [0.4, 0.5) is 14.3 Å². The van der Waals surface area contributed by atoms with Crippen LogP contribution in [0.5, 0.6) is 0 Å². The first-order valence-corrected chi connectivity index (χ1v) is 8.25. The predicted molar refractivity (Wildman–Crippen MR) is 91.3 cm³/mol. The van der Waals surface area contributed by atoms with Crippen LogP contribution in [0.15, 0.2) is 24.3 Å². The number of thiazole rings is 1. The molecule has 0 aliphatic heterocycles. The summed E-state index contributed by atoms with van der Waals surface area (Å²) in [4.78, 5) is 29.0. The third-order valence-corrected chi connectivity index (χ3v) is 4.21. The Morgan fingerprint density at radius 2 is 2.00 bits per heavy atom. The molecule has 0 aliphatic carbocycles. The summed E-state index contributed by atoms with van der Waals surface area (Å²) in [5, 5.41) is 0.262. The van der Waals surface area contributed by atoms with Gasteiger partial charge in [-0.3, -0.25) is 4.79 Å². The lowest BCUT2D eigenvalue weighted by atomic mass is 10.2. The Kier molecular flexibility index (Phi) is 5.56. The summed E-state index contributed by atoms with van der Waals surface area (Å²) < 4.78 is 18.4. The van der Waals surface area contributed by atoms with Crippen molar-refractivity contribution in [1.29, 1.82) is 0 Å². The Morgan fingerprint density at radius 3 is 2.50 bits per heavy atom. The van der Waals surface area contributed by atoms with Crippen molar-refractivity contribution in [1.82, 2.24) is 4.98 Å². The van der Waals surface area contributed by atoms with E-state index in [9.17, 15) is 14.0 Å². The van der Waals surface area contributed by atoms with E-state index in [0.29, 0.717) is 11.8 Å². The zero-order chi connectivity index (χ0) is 17.9. The molecule has 0 unspecified atom stereocenters. The number of benzene rings is 1. The van der Waals surface area contributed by atoms with Gasteiger partial charge in [0.25, 0.3) is 0 Å². The van der Waals surface area contributed by atoms with Crippen molar-refractivity contribution in [3.63, 3.8) is 0 Å². The van der Waals surface area contributed by atoms with E-state index in [0.717, 1.165) is 11.3 Å². The number of halogens is 2. The van der Waals surface area contributed by atoms with E-state index in [1.165, 1.54) is 17.0 Å². The van der Waals surface area contributed by atoms with Gasteiger partial charge in [0.1, 0.15) is 16.3 Å². The monoisotopic (exact) mass is 370 g/mol. The number of aromatic nitrogens is 1. The molecule has 2 rings (SSSR count). The van der Waals surface area contributed by atoms with Crippen molar-refractivity contribution in [3.8, 4) is 0 Å². The minimum Gasteiger partial charge on any atom is -0.443 e. The first kappa shape index (κ1) is 18.4. The Labute approximate surface area is 148 Å². The van der Waals surface area contributed by atoms with Crippen molar-refractivity contribution in [3.05, 3.63) is 45.7 Å². The number of amides is 1. The number of ether oxygens (including phenoxy) is 1. The average Bonchev–Trinajstić information content (AvgIpc) is 2.85. The molecule has 0 saturated carbocycles. The highest BCUT2D eigenvalue weighted by atomic mass is 35.5. The smallest absolute Gasteiger partial charge is 0.416 e. The van der Waals surface area contributed by atoms with Crippen molar-refractivity contribution >= 4 is 40.4 Å². The van der Waals surface area contributed by atoms with Crippen LogP contribution in [0.3, 0.4) is 0 Å². The Morgan fingerprint density at radius 1 is 1.38 bits per heavy atom. The topological polar surface area (TPSA) is 59.5 Å². The highest BCUT2D eigenvalue weighted by Crippen LogP contribution is 2.30. The number of carbonyl (C=O) groups excluding carboxylic acids is 2. The second kappa shape index (κ2) is 7.27. The van der Waals surface area contributed by atoms with Crippen LogP contribution in [0.25, 0.3) is 0 Å². The third kappa shape index (κ3) is 4.75. The van der Waals surface area contributed by atoms with Gasteiger partial charge in [0, 0.05) is 0 Å². The number of carbonyl (C=O) groups is 2. The zero-order valence-electron chi connectivity index (χ0n) is 13.4. The fourth-order valence-corrected chi connectivity index (χ4v) is 2.84. The molecule has 8 heteroatoms. The summed E-state index contributed by atoms with van der Waals surface area (Å²) in [5.74, 6) is -0.372. The van der Waals surface area contributed by atoms with Crippen molar-refractivity contribution in [2.45, 2.75) is 32.9 Å². The molecular formula is C16H16ClFN2O3S. The minimum absolute atomic E-state index is 0.0256. The third-order valence-electron chi connectivity index (χ3n) is 2.80. The second-order valence-electron chi connectivity index (χ2n) is 5.96. The largest absolute Gasteiger partial charge is 0.443 e. The van der Waals surface area contributed by atoms with Crippen molar-refractivity contribution in [2.24, 2.45) is 0 Å². The quantitative estimate of drug-likeness (QED) is 0.732. The van der Waals surface area contributed by atoms with Crippen LogP contribution in [0.2, 0.25) is 5.15 Å². The highest BCUT2D eigenvalue weighted by molar-refractivity contribution is 7.17. The van der Waals surface area contributed by atoms with Gasteiger partial charge in [0.2, 0.25) is 0 Å². The van der Waals surface area contributed by atoms with E-state index in [2.05, 4.69) is 4.98 Å². The minimum atomic E-state index is -0.702. The highest BCUT2D eigenvalue weighted by Gasteiger charge is 2.27. The summed E-state index contributed by atoms with van der Waals surface area (Å²) in [6.07, 6.45) is -0.0519. The van der Waals surface area contributed by atoms with Gasteiger partial charge in [0.15, 0.2) is 16.6 Å². The van der Waals surface area contributed by atoms with Gasteiger partial charge in [-0.1, -0.05) is 35.1 Å². The maximum Gasteiger partial charge on any atom is 0.416 e. The number of aldehydes is 1. The Hall–Kier alpha value is -1.99. The standard InChI is InChI=1S/C16H16ClFN2O3S/c1-16(2,3)23-15(22)20(8-10-4-6-11(18)7-5-10)14-19-13(17)12(9-21)24-14/h4-7,9H,8H2,1-3H3. The number of anilines is 1. The van der Waals surface area contributed by atoms with E-state index in [1.54, 1.807) is 32.9 Å². The second-order valence-corrected chi connectivity index (χ2v) is 7.33. The zero-order valence-corrected chi connectivity index (χ0v) is 14.9. The summed E-state index contributed by atoms with van der Waals surface area (Å²) in [5.41, 5.74) is -0.0200. The molecule has 0 atom stereocenters. The van der Waals surface area contributed by atoms with E-state index in [-0.39, 0.29) is 27.5 Å². The summed E-state index contributed by atoms with van der Waals surface area (Å²) >= 11 is 6.87. The normalized spacial score (nSPS) is 11.2. The SMILES string of the molecule is CC(C)(C)OC(=O)N(Cc1ccc(F)cc1)c1nc(Cl)c(C=O)s1. The lowest BCUT2D eigenvalue weighted by Crippen LogP contribution is -2.36. The predicted octanol–water partition coefficient (Wildman–Crippen LogP) is 4.69. The maximum atomic E-state index is 13.1. The summed E-state index contributed by atoms with van der Waals surface area (Å²) in [6, 6.07) is 5.72. The molecule has 0 aliphatic rings.